The van der Waals surface area contributed by atoms with Gasteiger partial charge in [-0.15, -0.1) is 0 Å². The zero-order valence-electron chi connectivity index (χ0n) is 19.1. The van der Waals surface area contributed by atoms with Gasteiger partial charge >= 0.3 is 6.18 Å². The van der Waals surface area contributed by atoms with Gasteiger partial charge in [-0.3, -0.25) is 9.79 Å². The fourth-order valence-corrected chi connectivity index (χ4v) is 3.24. The molecule has 1 saturated carbocycles. The van der Waals surface area contributed by atoms with E-state index in [2.05, 4.69) is 11.6 Å². The Morgan fingerprint density at radius 3 is 2.35 bits per heavy atom. The van der Waals surface area contributed by atoms with Crippen LogP contribution < -0.4 is 17.2 Å². The van der Waals surface area contributed by atoms with Gasteiger partial charge in [-0.05, 0) is 48.4 Å². The lowest BCUT2D eigenvalue weighted by atomic mass is 10.0. The summed E-state index contributed by atoms with van der Waals surface area (Å²) >= 11 is 0. The van der Waals surface area contributed by atoms with Crippen molar-refractivity contribution < 1.29 is 22.4 Å². The molecule has 10 heteroatoms. The van der Waals surface area contributed by atoms with E-state index in [9.17, 15) is 22.4 Å². The number of allylic oxidation sites excluding steroid dienone is 1. The van der Waals surface area contributed by atoms with Gasteiger partial charge in [-0.2, -0.15) is 17.6 Å². The molecule has 1 unspecified atom stereocenters. The first kappa shape index (κ1) is 26.9. The number of aliphatic imine (C=N–C) groups is 1. The number of nitrogens with zero attached hydrogens (tertiary/aromatic N) is 2. The molecule has 0 saturated heterocycles. The Kier molecular flexibility index (Phi) is 9.28. The summed E-state index contributed by atoms with van der Waals surface area (Å²) in [6, 6.07) is 4.64. The van der Waals surface area contributed by atoms with Crippen molar-refractivity contribution in [2.45, 2.75) is 51.4 Å². The minimum Gasteiger partial charge on any atom is -0.383 e. The Labute approximate surface area is 196 Å². The minimum atomic E-state index is -4.43. The molecular formula is C24H31F4N5O. The summed E-state index contributed by atoms with van der Waals surface area (Å²) in [5, 5.41) is 0. The standard InChI is InChI=1S/C24H31F4N5O/c1-3-16(12-20(29)34)5-4-15(2)13-32-22(30)21(25)23(31)33(19-10-11-19)14-17-6-8-18(9-7-17)24(26,27)28/h4-9,16,19H,2-3,10-14,31H2,1H3,(H2,29,34)(H2,30,32)/b5-4-,23-21-. The third-order valence-electron chi connectivity index (χ3n) is 5.43. The van der Waals surface area contributed by atoms with E-state index >= 15 is 0 Å². The van der Waals surface area contributed by atoms with Crippen LogP contribution in [0.3, 0.4) is 0 Å². The van der Waals surface area contributed by atoms with Crippen molar-refractivity contribution in [1.29, 1.82) is 0 Å². The van der Waals surface area contributed by atoms with Gasteiger partial charge in [0.2, 0.25) is 11.7 Å². The lowest BCUT2D eigenvalue weighted by Crippen LogP contribution is -2.33. The molecule has 2 rings (SSSR count). The van der Waals surface area contributed by atoms with Crippen molar-refractivity contribution >= 4 is 11.7 Å². The number of halogens is 4. The van der Waals surface area contributed by atoms with Crippen LogP contribution in [-0.2, 0) is 17.5 Å². The van der Waals surface area contributed by atoms with E-state index < -0.39 is 29.3 Å². The Morgan fingerprint density at radius 1 is 1.24 bits per heavy atom. The number of hydrogen-bond donors (Lipinski definition) is 3. The number of carbonyl (C=O) groups excluding carboxylic acids is 1. The summed E-state index contributed by atoms with van der Waals surface area (Å²) in [5.41, 5.74) is 17.4. The van der Waals surface area contributed by atoms with E-state index in [1.165, 1.54) is 12.1 Å². The van der Waals surface area contributed by atoms with Crippen LogP contribution in [0.4, 0.5) is 17.6 Å². The summed E-state index contributed by atoms with van der Waals surface area (Å²) < 4.78 is 53.3. The van der Waals surface area contributed by atoms with E-state index in [4.69, 9.17) is 17.2 Å². The number of benzene rings is 1. The topological polar surface area (TPSA) is 111 Å². The van der Waals surface area contributed by atoms with Crippen molar-refractivity contribution in [1.82, 2.24) is 4.90 Å². The average molecular weight is 482 g/mol. The fourth-order valence-electron chi connectivity index (χ4n) is 3.24. The monoisotopic (exact) mass is 481 g/mol. The zero-order chi connectivity index (χ0) is 25.5. The van der Waals surface area contributed by atoms with Crippen LogP contribution in [0.1, 0.15) is 43.7 Å². The van der Waals surface area contributed by atoms with Crippen molar-refractivity contribution in [2.24, 2.45) is 28.1 Å². The molecule has 6 nitrogen and oxygen atoms in total. The molecule has 0 heterocycles. The van der Waals surface area contributed by atoms with Crippen LogP contribution in [-0.4, -0.2) is 29.2 Å². The number of hydrogen-bond acceptors (Lipinski definition) is 4. The van der Waals surface area contributed by atoms with Gasteiger partial charge in [0.05, 0.1) is 12.1 Å². The molecule has 1 aromatic carbocycles. The molecule has 0 aromatic heterocycles. The third-order valence-corrected chi connectivity index (χ3v) is 5.43. The first-order valence-electron chi connectivity index (χ1n) is 10.9. The summed E-state index contributed by atoms with van der Waals surface area (Å²) in [4.78, 5) is 16.7. The Balaban J connectivity index is 2.08. The highest BCUT2D eigenvalue weighted by atomic mass is 19.4. The van der Waals surface area contributed by atoms with Gasteiger partial charge < -0.3 is 22.1 Å². The summed E-state index contributed by atoms with van der Waals surface area (Å²) in [6.07, 6.45) is 1.59. The summed E-state index contributed by atoms with van der Waals surface area (Å²) in [5.74, 6) is -1.92. The maximum atomic E-state index is 14.9. The highest BCUT2D eigenvalue weighted by Crippen LogP contribution is 2.33. The number of primary amides is 1. The SMILES string of the molecule is C=C(/C=C\C(CC)CC(N)=O)CN=C(N)/C(F)=C(\N)N(Cc1ccc(C(F)(F)F)cc1)C1CC1. The van der Waals surface area contributed by atoms with Gasteiger partial charge in [-0.1, -0.05) is 37.8 Å². The molecule has 1 amide bonds. The molecule has 0 spiro atoms. The number of amidine groups is 1. The van der Waals surface area contributed by atoms with Crippen LogP contribution in [0, 0.1) is 5.92 Å². The first-order chi connectivity index (χ1) is 15.9. The minimum absolute atomic E-state index is 0.0185. The predicted molar refractivity (Wildman–Crippen MR) is 125 cm³/mol. The second-order valence-corrected chi connectivity index (χ2v) is 8.31. The van der Waals surface area contributed by atoms with Crippen LogP contribution in [0.15, 0.2) is 65.2 Å². The van der Waals surface area contributed by atoms with E-state index in [1.807, 2.05) is 6.92 Å². The van der Waals surface area contributed by atoms with E-state index in [0.29, 0.717) is 11.1 Å². The quantitative estimate of drug-likeness (QED) is 0.180. The van der Waals surface area contributed by atoms with Crippen molar-refractivity contribution in [3.05, 3.63) is 71.3 Å². The molecule has 186 valence electrons. The van der Waals surface area contributed by atoms with Crippen molar-refractivity contribution in [3.8, 4) is 0 Å². The summed E-state index contributed by atoms with van der Waals surface area (Å²) in [7, 11) is 0. The molecule has 1 aliphatic carbocycles. The van der Waals surface area contributed by atoms with Crippen LogP contribution in [0.25, 0.3) is 0 Å². The Bertz CT molecular complexity index is 963. The number of rotatable bonds is 12. The lowest BCUT2D eigenvalue weighted by molar-refractivity contribution is -0.137. The Morgan fingerprint density at radius 2 is 1.85 bits per heavy atom. The molecular weight excluding hydrogens is 450 g/mol. The van der Waals surface area contributed by atoms with Gasteiger partial charge in [0, 0.05) is 19.0 Å². The summed E-state index contributed by atoms with van der Waals surface area (Å²) in [6.45, 7) is 5.94. The first-order valence-corrected chi connectivity index (χ1v) is 10.9. The number of carbonyl (C=O) groups is 1. The molecule has 1 aromatic rings. The van der Waals surface area contributed by atoms with E-state index in [-0.39, 0.29) is 37.3 Å². The highest BCUT2D eigenvalue weighted by Gasteiger charge is 2.33. The third kappa shape index (κ3) is 8.24. The lowest BCUT2D eigenvalue weighted by Gasteiger charge is -2.25. The van der Waals surface area contributed by atoms with E-state index in [0.717, 1.165) is 31.4 Å². The van der Waals surface area contributed by atoms with E-state index in [1.54, 1.807) is 17.1 Å². The zero-order valence-corrected chi connectivity index (χ0v) is 19.1. The molecule has 6 N–H and O–H groups in total. The molecule has 1 aliphatic rings. The molecule has 0 aliphatic heterocycles. The molecule has 34 heavy (non-hydrogen) atoms. The van der Waals surface area contributed by atoms with Gasteiger partial charge in [-0.25, -0.2) is 0 Å². The average Bonchev–Trinajstić information content (AvgIpc) is 3.62. The molecule has 0 radical (unpaired) electrons. The van der Waals surface area contributed by atoms with Gasteiger partial charge in [0.25, 0.3) is 0 Å². The molecule has 1 fully saturated rings. The number of alkyl halides is 3. The van der Waals surface area contributed by atoms with Crippen LogP contribution >= 0.6 is 0 Å². The second-order valence-electron chi connectivity index (χ2n) is 8.31. The number of nitrogens with two attached hydrogens (primary N) is 3. The normalized spacial score (nSPS) is 16.3. The predicted octanol–water partition coefficient (Wildman–Crippen LogP) is 4.14. The maximum absolute atomic E-state index is 14.9. The van der Waals surface area contributed by atoms with Crippen LogP contribution in [0.2, 0.25) is 0 Å². The van der Waals surface area contributed by atoms with Gasteiger partial charge in [0.15, 0.2) is 5.84 Å². The molecule has 0 bridgehead atoms. The highest BCUT2D eigenvalue weighted by molar-refractivity contribution is 5.95. The Hall–Kier alpha value is -3.30. The second kappa shape index (κ2) is 11.7. The largest absolute Gasteiger partial charge is 0.416 e. The fraction of sp³-hybridized carbons (Fsp3) is 0.417. The smallest absolute Gasteiger partial charge is 0.383 e. The van der Waals surface area contributed by atoms with Crippen LogP contribution in [0.5, 0.6) is 0 Å². The molecule has 1 atom stereocenters. The van der Waals surface area contributed by atoms with Crippen molar-refractivity contribution in [2.75, 3.05) is 6.54 Å². The van der Waals surface area contributed by atoms with Crippen molar-refractivity contribution in [3.63, 3.8) is 0 Å². The maximum Gasteiger partial charge on any atom is 0.416 e. The van der Waals surface area contributed by atoms with Gasteiger partial charge in [0.1, 0.15) is 5.82 Å². The number of amides is 1.